The van der Waals surface area contributed by atoms with Crippen LogP contribution < -0.4 is 0 Å². The van der Waals surface area contributed by atoms with Crippen LogP contribution in [0, 0.1) is 0 Å². The van der Waals surface area contributed by atoms with E-state index in [0.29, 0.717) is 0 Å². The molecule has 0 heterocycles. The zero-order valence-electron chi connectivity index (χ0n) is 5.68. The second-order valence-corrected chi connectivity index (χ2v) is 2.73. The summed E-state index contributed by atoms with van der Waals surface area (Å²) in [5.41, 5.74) is -4.97. The van der Waals surface area contributed by atoms with E-state index >= 15 is 0 Å². The van der Waals surface area contributed by atoms with E-state index in [-0.39, 0.29) is 5.54 Å². The normalized spacial score (nSPS) is 19.1. The molecule has 1 atom stereocenters. The Balaban J connectivity index is 5.21. The fourth-order valence-corrected chi connectivity index (χ4v) is 0.780. The first-order chi connectivity index (χ1) is 5.56. The lowest BCUT2D eigenvalue weighted by atomic mass is 10.1. The topological polar surface area (TPSA) is 0 Å². The van der Waals surface area contributed by atoms with Gasteiger partial charge in [-0.1, -0.05) is 11.6 Å². The molecule has 0 aromatic rings. The van der Waals surface area contributed by atoms with E-state index < -0.39 is 23.3 Å². The summed E-state index contributed by atoms with van der Waals surface area (Å²) in [6.45, 7) is 0. The highest BCUT2D eigenvalue weighted by Gasteiger charge is 2.69. The van der Waals surface area contributed by atoms with Gasteiger partial charge in [-0.3, -0.25) is 0 Å². The average molecular weight is 247 g/mol. The Morgan fingerprint density at radius 3 is 1.38 bits per heavy atom. The summed E-state index contributed by atoms with van der Waals surface area (Å²) < 4.78 is 71.9. The van der Waals surface area contributed by atoms with Gasteiger partial charge in [0, 0.05) is 5.54 Å². The number of rotatable bonds is 2. The van der Waals surface area contributed by atoms with Crippen molar-refractivity contribution in [2.24, 2.45) is 0 Å². The van der Waals surface area contributed by atoms with Gasteiger partial charge in [-0.2, -0.15) is 22.0 Å². The lowest BCUT2D eigenvalue weighted by Gasteiger charge is -2.27. The first kappa shape index (κ1) is 12.9. The third-order valence-corrected chi connectivity index (χ3v) is 1.52. The number of alkyl halides is 7. The predicted octanol–water partition coefficient (Wildman–Crippen LogP) is 3.84. The van der Waals surface area contributed by atoms with Gasteiger partial charge in [0.05, 0.1) is 0 Å². The van der Waals surface area contributed by atoms with Crippen LogP contribution in [0.4, 0.5) is 26.3 Å². The fraction of sp³-hybridized carbons (Fsp3) is 0.600. The minimum Gasteiger partial charge on any atom is -0.221 e. The summed E-state index contributed by atoms with van der Waals surface area (Å²) in [5.74, 6) is 0. The molecule has 0 aliphatic heterocycles. The van der Waals surface area contributed by atoms with Crippen LogP contribution in [-0.2, 0) is 0 Å². The van der Waals surface area contributed by atoms with Gasteiger partial charge >= 0.3 is 17.2 Å². The summed E-state index contributed by atoms with van der Waals surface area (Å²) in [6, 6.07) is 0. The van der Waals surface area contributed by atoms with Crippen LogP contribution in [0.25, 0.3) is 0 Å². The molecular weight excluding hydrogens is 245 g/mol. The Morgan fingerprint density at radius 1 is 0.923 bits per heavy atom. The summed E-state index contributed by atoms with van der Waals surface area (Å²) in [5, 5.41) is -5.10. The van der Waals surface area contributed by atoms with Crippen LogP contribution in [0.5, 0.6) is 0 Å². The van der Waals surface area contributed by atoms with Crippen LogP contribution in [0.1, 0.15) is 0 Å². The van der Waals surface area contributed by atoms with Gasteiger partial charge < -0.3 is 0 Å². The van der Waals surface area contributed by atoms with Gasteiger partial charge in [0.2, 0.25) is 0 Å². The molecule has 0 radical (unpaired) electrons. The third kappa shape index (κ3) is 2.43. The van der Waals surface area contributed by atoms with Crippen LogP contribution in [0.15, 0.2) is 11.6 Å². The van der Waals surface area contributed by atoms with Crippen molar-refractivity contribution in [2.45, 2.75) is 17.2 Å². The highest BCUT2D eigenvalue weighted by atomic mass is 35.5. The molecule has 78 valence electrons. The maximum Gasteiger partial charge on any atom is 0.433 e. The first-order valence-corrected chi connectivity index (χ1v) is 3.48. The van der Waals surface area contributed by atoms with E-state index in [0.717, 1.165) is 0 Å². The summed E-state index contributed by atoms with van der Waals surface area (Å²) >= 11 is 8.55. The Labute approximate surface area is 79.1 Å². The molecular formula is C5H2Cl2F6. The molecule has 0 nitrogen and oxygen atoms in total. The maximum atomic E-state index is 12.6. The zero-order valence-corrected chi connectivity index (χ0v) is 7.19. The standard InChI is InChI=1S/C5H2Cl2F6/c6-2-1-3(8,4(7,9)10)5(11,12)13/h1-2H. The highest BCUT2D eigenvalue weighted by molar-refractivity contribution is 6.26. The molecule has 0 saturated heterocycles. The molecule has 0 spiro atoms. The van der Waals surface area contributed by atoms with Gasteiger partial charge in [-0.15, -0.1) is 0 Å². The van der Waals surface area contributed by atoms with Crippen LogP contribution in [0.2, 0.25) is 0 Å². The van der Waals surface area contributed by atoms with Crippen LogP contribution in [-0.4, -0.2) is 17.2 Å². The third-order valence-electron chi connectivity index (χ3n) is 1.12. The van der Waals surface area contributed by atoms with Crippen molar-refractivity contribution in [1.29, 1.82) is 0 Å². The van der Waals surface area contributed by atoms with E-state index in [1.165, 1.54) is 0 Å². The fourth-order valence-electron chi connectivity index (χ4n) is 0.437. The molecule has 0 rings (SSSR count). The number of allylic oxidation sites excluding steroid dienone is 1. The SMILES string of the molecule is FC(F)(F)C(F)(C=CCl)C(F)(F)Cl. The van der Waals surface area contributed by atoms with Gasteiger partial charge in [-0.05, 0) is 17.7 Å². The monoisotopic (exact) mass is 246 g/mol. The number of hydrogen-bond donors (Lipinski definition) is 0. The predicted molar refractivity (Wildman–Crippen MR) is 35.7 cm³/mol. The van der Waals surface area contributed by atoms with Gasteiger partial charge in [-0.25, -0.2) is 4.39 Å². The molecule has 0 aliphatic rings. The molecule has 0 aromatic carbocycles. The summed E-state index contributed by atoms with van der Waals surface area (Å²) in [4.78, 5) is 0. The smallest absolute Gasteiger partial charge is 0.221 e. The van der Waals surface area contributed by atoms with Crippen molar-refractivity contribution in [2.75, 3.05) is 0 Å². The molecule has 0 aliphatic carbocycles. The molecule has 0 amide bonds. The lowest BCUT2D eigenvalue weighted by Crippen LogP contribution is -2.50. The largest absolute Gasteiger partial charge is 0.433 e. The van der Waals surface area contributed by atoms with Crippen molar-refractivity contribution >= 4 is 23.2 Å². The maximum absolute atomic E-state index is 12.6. The van der Waals surface area contributed by atoms with Crippen molar-refractivity contribution < 1.29 is 26.3 Å². The minimum atomic E-state index is -5.83. The molecule has 0 saturated carbocycles. The minimum absolute atomic E-state index is 0.0101. The Morgan fingerprint density at radius 2 is 1.31 bits per heavy atom. The summed E-state index contributed by atoms with van der Waals surface area (Å²) in [7, 11) is 0. The molecule has 8 heteroatoms. The second kappa shape index (κ2) is 3.57. The van der Waals surface area contributed by atoms with Gasteiger partial charge in [0.25, 0.3) is 0 Å². The molecule has 0 bridgehead atoms. The van der Waals surface area contributed by atoms with E-state index in [1.54, 1.807) is 0 Å². The Kier molecular flexibility index (Phi) is 3.54. The van der Waals surface area contributed by atoms with Crippen LogP contribution >= 0.6 is 23.2 Å². The van der Waals surface area contributed by atoms with Crippen molar-refractivity contribution in [3.63, 3.8) is 0 Å². The van der Waals surface area contributed by atoms with Crippen molar-refractivity contribution in [3.05, 3.63) is 11.6 Å². The second-order valence-electron chi connectivity index (χ2n) is 2.00. The van der Waals surface area contributed by atoms with Crippen molar-refractivity contribution in [3.8, 4) is 0 Å². The molecule has 1 unspecified atom stereocenters. The van der Waals surface area contributed by atoms with Gasteiger partial charge in [0.15, 0.2) is 0 Å². The van der Waals surface area contributed by atoms with E-state index in [4.69, 9.17) is 0 Å². The van der Waals surface area contributed by atoms with Crippen molar-refractivity contribution in [1.82, 2.24) is 0 Å². The highest BCUT2D eigenvalue weighted by Crippen LogP contribution is 2.48. The summed E-state index contributed by atoms with van der Waals surface area (Å²) in [6.07, 6.45) is -6.38. The molecule has 13 heavy (non-hydrogen) atoms. The number of hydrogen-bond acceptors (Lipinski definition) is 0. The molecule has 0 N–H and O–H groups in total. The molecule has 0 fully saturated rings. The molecule has 0 aromatic heterocycles. The first-order valence-electron chi connectivity index (χ1n) is 2.66. The van der Waals surface area contributed by atoms with Crippen LogP contribution in [0.3, 0.4) is 0 Å². The van der Waals surface area contributed by atoms with Gasteiger partial charge in [0.1, 0.15) is 0 Å². The van der Waals surface area contributed by atoms with E-state index in [2.05, 4.69) is 23.2 Å². The zero-order chi connectivity index (χ0) is 10.9. The quantitative estimate of drug-likeness (QED) is 0.513. The average Bonchev–Trinajstić information content (AvgIpc) is 1.82. The lowest BCUT2D eigenvalue weighted by molar-refractivity contribution is -0.258. The number of halogens is 8. The van der Waals surface area contributed by atoms with E-state index in [9.17, 15) is 26.3 Å². The van der Waals surface area contributed by atoms with E-state index in [1.807, 2.05) is 0 Å². The Hall–Kier alpha value is -0.100. The Bertz CT molecular complexity index is 188.